The van der Waals surface area contributed by atoms with E-state index in [1.54, 1.807) is 0 Å². The van der Waals surface area contributed by atoms with Gasteiger partial charge in [0.05, 0.1) is 0 Å². The Morgan fingerprint density at radius 3 is 2.60 bits per heavy atom. The quantitative estimate of drug-likeness (QED) is 0.801. The number of rotatable bonds is 5. The van der Waals surface area contributed by atoms with Crippen molar-refractivity contribution in [3.05, 3.63) is 34.9 Å². The lowest BCUT2D eigenvalue weighted by Crippen LogP contribution is -2.19. The Morgan fingerprint density at radius 1 is 1.33 bits per heavy atom. The maximum Gasteiger partial charge on any atom is 0.0233 e. The molecule has 0 atom stereocenters. The van der Waals surface area contributed by atoms with Gasteiger partial charge in [0, 0.05) is 13.1 Å². The van der Waals surface area contributed by atoms with Gasteiger partial charge in [0.25, 0.3) is 0 Å². The van der Waals surface area contributed by atoms with Crippen molar-refractivity contribution < 1.29 is 0 Å². The van der Waals surface area contributed by atoms with Crippen LogP contribution in [0.3, 0.4) is 0 Å². The van der Waals surface area contributed by atoms with E-state index in [-0.39, 0.29) is 0 Å². The van der Waals surface area contributed by atoms with Crippen molar-refractivity contribution >= 4 is 0 Å². The minimum absolute atomic E-state index is 0.631. The Kier molecular flexibility index (Phi) is 4.79. The minimum atomic E-state index is 0.631. The third-order valence-electron chi connectivity index (χ3n) is 2.69. The van der Waals surface area contributed by atoms with E-state index in [1.807, 2.05) is 0 Å². The molecular weight excluding hydrogens is 184 g/mol. The van der Waals surface area contributed by atoms with Crippen LogP contribution in [0.2, 0.25) is 0 Å². The lowest BCUT2D eigenvalue weighted by Gasteiger charge is -2.17. The first-order chi connectivity index (χ1) is 7.17. The molecule has 0 bridgehead atoms. The van der Waals surface area contributed by atoms with Crippen molar-refractivity contribution in [3.63, 3.8) is 0 Å². The highest BCUT2D eigenvalue weighted by Gasteiger charge is 2.02. The molecule has 2 heteroatoms. The van der Waals surface area contributed by atoms with E-state index in [4.69, 9.17) is 5.73 Å². The lowest BCUT2D eigenvalue weighted by molar-refractivity contribution is 0.327. The number of hydrogen-bond donors (Lipinski definition) is 1. The fourth-order valence-corrected chi connectivity index (χ4v) is 1.81. The lowest BCUT2D eigenvalue weighted by atomic mass is 10.0. The first-order valence-electron chi connectivity index (χ1n) is 5.64. The molecule has 0 aromatic heterocycles. The van der Waals surface area contributed by atoms with Crippen LogP contribution >= 0.6 is 0 Å². The summed E-state index contributed by atoms with van der Waals surface area (Å²) < 4.78 is 0. The summed E-state index contributed by atoms with van der Waals surface area (Å²) in [5.74, 6) is 0. The molecule has 0 heterocycles. The monoisotopic (exact) mass is 206 g/mol. The van der Waals surface area contributed by atoms with Gasteiger partial charge in [0.15, 0.2) is 0 Å². The van der Waals surface area contributed by atoms with Crippen molar-refractivity contribution in [2.24, 2.45) is 5.73 Å². The summed E-state index contributed by atoms with van der Waals surface area (Å²) in [4.78, 5) is 2.35. The van der Waals surface area contributed by atoms with Gasteiger partial charge in [0.2, 0.25) is 0 Å². The minimum Gasteiger partial charge on any atom is -0.326 e. The van der Waals surface area contributed by atoms with Gasteiger partial charge in [-0.3, -0.25) is 0 Å². The highest BCUT2D eigenvalue weighted by molar-refractivity contribution is 5.30. The highest BCUT2D eigenvalue weighted by Crippen LogP contribution is 2.12. The summed E-state index contributed by atoms with van der Waals surface area (Å²) in [6.07, 6.45) is 1.20. The van der Waals surface area contributed by atoms with E-state index in [1.165, 1.54) is 23.1 Å². The molecule has 0 aliphatic carbocycles. The van der Waals surface area contributed by atoms with Crippen molar-refractivity contribution in [1.29, 1.82) is 0 Å². The van der Waals surface area contributed by atoms with Gasteiger partial charge in [-0.2, -0.15) is 0 Å². The van der Waals surface area contributed by atoms with Crippen LogP contribution in [0.4, 0.5) is 0 Å². The van der Waals surface area contributed by atoms with Gasteiger partial charge in [0.1, 0.15) is 0 Å². The second-order valence-corrected chi connectivity index (χ2v) is 4.20. The molecule has 2 nitrogen and oxygen atoms in total. The van der Waals surface area contributed by atoms with Crippen molar-refractivity contribution in [2.45, 2.75) is 33.4 Å². The van der Waals surface area contributed by atoms with Crippen LogP contribution in [0, 0.1) is 6.92 Å². The summed E-state index contributed by atoms with van der Waals surface area (Å²) >= 11 is 0. The van der Waals surface area contributed by atoms with E-state index in [9.17, 15) is 0 Å². The van der Waals surface area contributed by atoms with Crippen LogP contribution in [0.25, 0.3) is 0 Å². The van der Waals surface area contributed by atoms with E-state index < -0.39 is 0 Å². The van der Waals surface area contributed by atoms with E-state index in [2.05, 4.69) is 44.0 Å². The molecule has 0 amide bonds. The van der Waals surface area contributed by atoms with Crippen LogP contribution in [0.5, 0.6) is 0 Å². The van der Waals surface area contributed by atoms with Crippen LogP contribution < -0.4 is 5.73 Å². The van der Waals surface area contributed by atoms with E-state index >= 15 is 0 Å². The molecule has 0 radical (unpaired) electrons. The Bertz CT molecular complexity index is 307. The number of hydrogen-bond acceptors (Lipinski definition) is 2. The molecule has 1 rings (SSSR count). The fraction of sp³-hybridized carbons (Fsp3) is 0.538. The zero-order chi connectivity index (χ0) is 11.3. The van der Waals surface area contributed by atoms with E-state index in [0.29, 0.717) is 6.54 Å². The Hall–Kier alpha value is -0.860. The Morgan fingerprint density at radius 2 is 2.07 bits per heavy atom. The standard InChI is InChI=1S/C13H22N2/c1-4-7-15(3)10-13-6-5-12(9-14)8-11(13)2/h5-6,8H,4,7,9-10,14H2,1-3H3. The molecular formula is C13H22N2. The zero-order valence-corrected chi connectivity index (χ0v) is 10.1. The SMILES string of the molecule is CCCN(C)Cc1ccc(CN)cc1C. The molecule has 1 aromatic rings. The summed E-state index contributed by atoms with van der Waals surface area (Å²) in [6, 6.07) is 6.51. The number of benzene rings is 1. The molecule has 0 saturated heterocycles. The third-order valence-corrected chi connectivity index (χ3v) is 2.69. The fourth-order valence-electron chi connectivity index (χ4n) is 1.81. The highest BCUT2D eigenvalue weighted by atomic mass is 15.1. The summed E-state index contributed by atoms with van der Waals surface area (Å²) in [5, 5.41) is 0. The number of aryl methyl sites for hydroxylation is 1. The second kappa shape index (κ2) is 5.89. The van der Waals surface area contributed by atoms with Crippen LogP contribution in [-0.2, 0) is 13.1 Å². The topological polar surface area (TPSA) is 29.3 Å². The molecule has 2 N–H and O–H groups in total. The summed E-state index contributed by atoms with van der Waals surface area (Å²) in [7, 11) is 2.17. The van der Waals surface area contributed by atoms with E-state index in [0.717, 1.165) is 13.1 Å². The molecule has 15 heavy (non-hydrogen) atoms. The predicted octanol–water partition coefficient (Wildman–Crippen LogP) is 2.30. The van der Waals surface area contributed by atoms with Gasteiger partial charge >= 0.3 is 0 Å². The maximum absolute atomic E-state index is 5.61. The van der Waals surface area contributed by atoms with Gasteiger partial charge < -0.3 is 10.6 Å². The second-order valence-electron chi connectivity index (χ2n) is 4.20. The van der Waals surface area contributed by atoms with Gasteiger partial charge in [-0.1, -0.05) is 25.1 Å². The first kappa shape index (κ1) is 12.2. The van der Waals surface area contributed by atoms with Crippen LogP contribution in [0.1, 0.15) is 30.0 Å². The number of nitrogens with two attached hydrogens (primary N) is 1. The molecule has 0 aliphatic heterocycles. The molecule has 84 valence electrons. The normalized spacial score (nSPS) is 11.0. The number of nitrogens with zero attached hydrogens (tertiary/aromatic N) is 1. The van der Waals surface area contributed by atoms with Crippen molar-refractivity contribution in [3.8, 4) is 0 Å². The molecule has 0 unspecified atom stereocenters. The van der Waals surface area contributed by atoms with Crippen molar-refractivity contribution in [1.82, 2.24) is 4.90 Å². The molecule has 0 fully saturated rings. The third kappa shape index (κ3) is 3.65. The molecule has 1 aromatic carbocycles. The average Bonchev–Trinajstić information content (AvgIpc) is 2.21. The Labute approximate surface area is 93.1 Å². The van der Waals surface area contributed by atoms with Crippen molar-refractivity contribution in [2.75, 3.05) is 13.6 Å². The summed E-state index contributed by atoms with van der Waals surface area (Å²) in [5.41, 5.74) is 9.58. The van der Waals surface area contributed by atoms with Crippen LogP contribution in [0.15, 0.2) is 18.2 Å². The average molecular weight is 206 g/mol. The smallest absolute Gasteiger partial charge is 0.0233 e. The Balaban J connectivity index is 2.69. The maximum atomic E-state index is 5.61. The van der Waals surface area contributed by atoms with Gasteiger partial charge in [-0.15, -0.1) is 0 Å². The largest absolute Gasteiger partial charge is 0.326 e. The van der Waals surface area contributed by atoms with Gasteiger partial charge in [-0.05, 0) is 43.6 Å². The molecule has 0 aliphatic rings. The predicted molar refractivity (Wildman–Crippen MR) is 65.7 cm³/mol. The first-order valence-corrected chi connectivity index (χ1v) is 5.64. The molecule has 0 spiro atoms. The summed E-state index contributed by atoms with van der Waals surface area (Å²) in [6.45, 7) is 7.18. The van der Waals surface area contributed by atoms with Gasteiger partial charge in [-0.25, -0.2) is 0 Å². The van der Waals surface area contributed by atoms with Crippen LogP contribution in [-0.4, -0.2) is 18.5 Å². The molecule has 0 saturated carbocycles. The zero-order valence-electron chi connectivity index (χ0n) is 10.1.